The van der Waals surface area contributed by atoms with Crippen LogP contribution in [0.2, 0.25) is 0 Å². The van der Waals surface area contributed by atoms with Gasteiger partial charge in [0.2, 0.25) is 10.0 Å². The Bertz CT molecular complexity index is 462. The minimum absolute atomic E-state index is 0.105. The first-order valence-electron chi connectivity index (χ1n) is 5.55. The summed E-state index contributed by atoms with van der Waals surface area (Å²) in [6, 6.07) is -2.36. The molecule has 0 aromatic carbocycles. The van der Waals surface area contributed by atoms with E-state index in [1.165, 1.54) is 0 Å². The molecule has 10 nitrogen and oxygen atoms in total. The molecule has 0 aromatic rings. The molecule has 0 fully saturated rings. The maximum Gasteiger partial charge on any atom is 0.326 e. The molecule has 20 heavy (non-hydrogen) atoms. The topological polar surface area (TPSA) is 162 Å². The van der Waals surface area contributed by atoms with E-state index in [1.54, 1.807) is 0 Å². The molecule has 0 saturated heterocycles. The third kappa shape index (κ3) is 10.1. The van der Waals surface area contributed by atoms with Crippen LogP contribution in [-0.2, 0) is 19.6 Å². The van der Waals surface area contributed by atoms with Crippen LogP contribution in [0.1, 0.15) is 12.8 Å². The molecule has 11 heteroatoms. The number of carboxylic acids is 2. The summed E-state index contributed by atoms with van der Waals surface area (Å²) in [7, 11) is -3.29. The second-order valence-electron chi connectivity index (χ2n) is 3.91. The molecular formula is C9H17N3O7S. The summed E-state index contributed by atoms with van der Waals surface area (Å²) in [4.78, 5) is 32.3. The second kappa shape index (κ2) is 8.32. The molecule has 0 aliphatic heterocycles. The largest absolute Gasteiger partial charge is 0.481 e. The molecule has 0 aromatic heterocycles. The Morgan fingerprint density at radius 3 is 2.20 bits per heavy atom. The standard InChI is InChI=1S/C9H17N3O7S/c1-20(18,19)11-4-2-3-10-9(17)12-6(8(15)16)5-7(13)14/h6,11H,2-5H2,1H3,(H,13,14)(H,15,16)(H2,10,12,17). The summed E-state index contributed by atoms with van der Waals surface area (Å²) in [5, 5.41) is 21.4. The Morgan fingerprint density at radius 1 is 1.15 bits per heavy atom. The van der Waals surface area contributed by atoms with Gasteiger partial charge in [-0.1, -0.05) is 0 Å². The number of rotatable bonds is 9. The lowest BCUT2D eigenvalue weighted by molar-refractivity contribution is -0.145. The Morgan fingerprint density at radius 2 is 1.75 bits per heavy atom. The predicted molar refractivity (Wildman–Crippen MR) is 67.7 cm³/mol. The molecular weight excluding hydrogens is 294 g/mol. The highest BCUT2D eigenvalue weighted by Crippen LogP contribution is 1.92. The highest BCUT2D eigenvalue weighted by Gasteiger charge is 2.22. The average molecular weight is 311 g/mol. The SMILES string of the molecule is CS(=O)(=O)NCCCNC(=O)NC(CC(=O)O)C(=O)O. The molecule has 0 heterocycles. The summed E-state index contributed by atoms with van der Waals surface area (Å²) in [6.07, 6.45) is 0.562. The van der Waals surface area contributed by atoms with Crippen LogP contribution in [0.4, 0.5) is 4.79 Å². The van der Waals surface area contributed by atoms with Crippen LogP contribution in [-0.4, -0.2) is 62.0 Å². The van der Waals surface area contributed by atoms with Crippen molar-refractivity contribution < 1.29 is 33.0 Å². The molecule has 0 aliphatic carbocycles. The van der Waals surface area contributed by atoms with Crippen LogP contribution in [0.3, 0.4) is 0 Å². The number of amides is 2. The van der Waals surface area contributed by atoms with Crippen molar-refractivity contribution in [3.63, 3.8) is 0 Å². The zero-order valence-electron chi connectivity index (χ0n) is 10.7. The lowest BCUT2D eigenvalue weighted by atomic mass is 10.2. The first kappa shape index (κ1) is 18.1. The number of hydrogen-bond donors (Lipinski definition) is 5. The lowest BCUT2D eigenvalue weighted by Crippen LogP contribution is -2.47. The van der Waals surface area contributed by atoms with Crippen molar-refractivity contribution in [3.05, 3.63) is 0 Å². The molecule has 0 saturated carbocycles. The van der Waals surface area contributed by atoms with Crippen LogP contribution >= 0.6 is 0 Å². The van der Waals surface area contributed by atoms with Crippen LogP contribution in [0.15, 0.2) is 0 Å². The summed E-state index contributed by atoms with van der Waals surface area (Å²) in [5.74, 6) is -2.81. The Labute approximate surface area is 115 Å². The third-order valence-electron chi connectivity index (χ3n) is 1.99. The van der Waals surface area contributed by atoms with Gasteiger partial charge in [-0.2, -0.15) is 0 Å². The summed E-state index contributed by atoms with van der Waals surface area (Å²) in [6.45, 7) is 0.227. The van der Waals surface area contributed by atoms with E-state index in [9.17, 15) is 22.8 Å². The molecule has 0 aliphatic rings. The number of carbonyl (C=O) groups is 3. The van der Waals surface area contributed by atoms with Gasteiger partial charge in [-0.05, 0) is 6.42 Å². The molecule has 1 unspecified atom stereocenters. The van der Waals surface area contributed by atoms with E-state index in [1.807, 2.05) is 5.32 Å². The normalized spacial score (nSPS) is 12.4. The number of hydrogen-bond acceptors (Lipinski definition) is 5. The summed E-state index contributed by atoms with van der Waals surface area (Å²) in [5.41, 5.74) is 0. The number of nitrogens with one attached hydrogen (secondary N) is 3. The highest BCUT2D eigenvalue weighted by molar-refractivity contribution is 7.88. The zero-order chi connectivity index (χ0) is 15.8. The van der Waals surface area contributed by atoms with E-state index < -0.39 is 40.5 Å². The highest BCUT2D eigenvalue weighted by atomic mass is 32.2. The quantitative estimate of drug-likeness (QED) is 0.312. The van der Waals surface area contributed by atoms with Crippen molar-refractivity contribution in [3.8, 4) is 0 Å². The van der Waals surface area contributed by atoms with Gasteiger partial charge in [-0.25, -0.2) is 22.7 Å². The minimum Gasteiger partial charge on any atom is -0.481 e. The molecule has 0 spiro atoms. The van der Waals surface area contributed by atoms with E-state index in [0.29, 0.717) is 6.42 Å². The van der Waals surface area contributed by atoms with Crippen molar-refractivity contribution in [1.29, 1.82) is 0 Å². The molecule has 2 amide bonds. The number of carboxylic acid groups (broad SMARTS) is 2. The van der Waals surface area contributed by atoms with Crippen LogP contribution in [0.5, 0.6) is 0 Å². The van der Waals surface area contributed by atoms with Gasteiger partial charge in [0.25, 0.3) is 0 Å². The number of carbonyl (C=O) groups excluding carboxylic acids is 1. The van der Waals surface area contributed by atoms with E-state index in [4.69, 9.17) is 10.2 Å². The molecule has 0 radical (unpaired) electrons. The fraction of sp³-hybridized carbons (Fsp3) is 0.667. The van der Waals surface area contributed by atoms with Crippen molar-refractivity contribution >= 4 is 28.0 Å². The monoisotopic (exact) mass is 311 g/mol. The van der Waals surface area contributed by atoms with Gasteiger partial charge in [0, 0.05) is 13.1 Å². The van der Waals surface area contributed by atoms with Gasteiger partial charge in [-0.3, -0.25) is 4.79 Å². The third-order valence-corrected chi connectivity index (χ3v) is 2.71. The first-order valence-corrected chi connectivity index (χ1v) is 7.44. The summed E-state index contributed by atoms with van der Waals surface area (Å²) >= 11 is 0. The first-order chi connectivity index (χ1) is 9.11. The minimum atomic E-state index is -3.29. The summed E-state index contributed by atoms with van der Waals surface area (Å²) < 4.78 is 23.6. The van der Waals surface area contributed by atoms with Gasteiger partial charge in [0.1, 0.15) is 6.04 Å². The predicted octanol–water partition coefficient (Wildman–Crippen LogP) is -1.85. The van der Waals surface area contributed by atoms with E-state index >= 15 is 0 Å². The zero-order valence-corrected chi connectivity index (χ0v) is 11.6. The van der Waals surface area contributed by atoms with E-state index in [-0.39, 0.29) is 13.1 Å². The lowest BCUT2D eigenvalue weighted by Gasteiger charge is -2.13. The molecule has 5 N–H and O–H groups in total. The van der Waals surface area contributed by atoms with Crippen molar-refractivity contribution in [2.75, 3.05) is 19.3 Å². The van der Waals surface area contributed by atoms with Gasteiger partial charge in [0.05, 0.1) is 12.7 Å². The van der Waals surface area contributed by atoms with Gasteiger partial charge < -0.3 is 20.8 Å². The number of aliphatic carboxylic acids is 2. The van der Waals surface area contributed by atoms with Crippen LogP contribution < -0.4 is 15.4 Å². The fourth-order valence-corrected chi connectivity index (χ4v) is 1.65. The van der Waals surface area contributed by atoms with Crippen molar-refractivity contribution in [1.82, 2.24) is 15.4 Å². The smallest absolute Gasteiger partial charge is 0.326 e. The van der Waals surface area contributed by atoms with Crippen LogP contribution in [0, 0.1) is 0 Å². The van der Waals surface area contributed by atoms with E-state index in [0.717, 1.165) is 6.26 Å². The molecule has 0 bridgehead atoms. The molecule has 1 atom stereocenters. The maximum absolute atomic E-state index is 11.3. The molecule has 116 valence electrons. The number of sulfonamides is 1. The molecule has 0 rings (SSSR count). The Kier molecular flexibility index (Phi) is 7.54. The average Bonchev–Trinajstić information content (AvgIpc) is 2.25. The fourth-order valence-electron chi connectivity index (χ4n) is 1.13. The van der Waals surface area contributed by atoms with Crippen molar-refractivity contribution in [2.24, 2.45) is 0 Å². The Balaban J connectivity index is 3.97. The maximum atomic E-state index is 11.3. The number of urea groups is 1. The van der Waals surface area contributed by atoms with Gasteiger partial charge in [0.15, 0.2) is 0 Å². The van der Waals surface area contributed by atoms with Gasteiger partial charge >= 0.3 is 18.0 Å². The Hall–Kier alpha value is -1.88. The van der Waals surface area contributed by atoms with E-state index in [2.05, 4.69) is 10.0 Å². The van der Waals surface area contributed by atoms with Crippen molar-refractivity contribution in [2.45, 2.75) is 18.9 Å². The van der Waals surface area contributed by atoms with Crippen LogP contribution in [0.25, 0.3) is 0 Å². The second-order valence-corrected chi connectivity index (χ2v) is 5.74. The van der Waals surface area contributed by atoms with Gasteiger partial charge in [-0.15, -0.1) is 0 Å².